The van der Waals surface area contributed by atoms with Gasteiger partial charge in [0.05, 0.1) is 5.75 Å². The van der Waals surface area contributed by atoms with E-state index in [-0.39, 0.29) is 18.1 Å². The van der Waals surface area contributed by atoms with Crippen molar-refractivity contribution in [3.8, 4) is 0 Å². The summed E-state index contributed by atoms with van der Waals surface area (Å²) in [6.45, 7) is 8.83. The molecule has 1 rings (SSSR count). The van der Waals surface area contributed by atoms with E-state index in [1.165, 1.54) is 0 Å². The summed E-state index contributed by atoms with van der Waals surface area (Å²) < 4.78 is 5.11. The van der Waals surface area contributed by atoms with E-state index in [1.807, 2.05) is 25.1 Å². The van der Waals surface area contributed by atoms with Crippen LogP contribution in [0.1, 0.15) is 46.6 Å². The van der Waals surface area contributed by atoms with Crippen molar-refractivity contribution in [2.75, 3.05) is 11.1 Å². The van der Waals surface area contributed by atoms with Gasteiger partial charge in [-0.05, 0) is 45.7 Å². The maximum Gasteiger partial charge on any atom is 0.407 e. The Bertz CT molecular complexity index is 764. The number of ether oxygens (including phenoxy) is 1. The molecule has 4 amide bonds. The van der Waals surface area contributed by atoms with E-state index in [0.29, 0.717) is 5.69 Å². The normalized spacial score (nSPS) is 11.8. The molecule has 0 unspecified atom stereocenters. The van der Waals surface area contributed by atoms with Gasteiger partial charge in [0, 0.05) is 18.2 Å². The Labute approximate surface area is 181 Å². The van der Waals surface area contributed by atoms with Gasteiger partial charge in [-0.25, -0.2) is 4.79 Å². The maximum atomic E-state index is 12.0. The number of hydrazine groups is 1. The van der Waals surface area contributed by atoms with Gasteiger partial charge in [0.25, 0.3) is 5.24 Å². The second kappa shape index (κ2) is 12.1. The van der Waals surface area contributed by atoms with Gasteiger partial charge in [0.1, 0.15) is 5.60 Å². The summed E-state index contributed by atoms with van der Waals surface area (Å²) in [6, 6.07) is 6.94. The third-order valence-electron chi connectivity index (χ3n) is 3.57. The number of amides is 4. The van der Waals surface area contributed by atoms with Crippen molar-refractivity contribution >= 4 is 40.6 Å². The fraction of sp³-hybridized carbons (Fsp3) is 0.500. The monoisotopic (exact) mass is 438 g/mol. The molecule has 166 valence electrons. The molecular weight excluding hydrogens is 408 g/mol. The number of para-hydroxylation sites is 1. The molecule has 0 aliphatic carbocycles. The van der Waals surface area contributed by atoms with Crippen LogP contribution in [0.4, 0.5) is 15.3 Å². The average Bonchev–Trinajstić information content (AvgIpc) is 2.63. The topological polar surface area (TPSA) is 126 Å². The molecular formula is C20H30N4O5S. The summed E-state index contributed by atoms with van der Waals surface area (Å²) in [5.74, 6) is -0.914. The highest BCUT2D eigenvalue weighted by Gasteiger charge is 2.19. The van der Waals surface area contributed by atoms with Crippen LogP contribution in [-0.4, -0.2) is 40.5 Å². The molecule has 0 aliphatic rings. The molecule has 1 aromatic rings. The molecule has 10 heteroatoms. The molecule has 1 aromatic carbocycles. The fourth-order valence-corrected chi connectivity index (χ4v) is 2.77. The number of alkyl carbamates (subject to hydrolysis) is 1. The zero-order valence-corrected chi connectivity index (χ0v) is 18.8. The zero-order valence-electron chi connectivity index (χ0n) is 18.0. The molecule has 9 nitrogen and oxygen atoms in total. The van der Waals surface area contributed by atoms with Gasteiger partial charge in [-0.2, -0.15) is 0 Å². The highest BCUT2D eigenvalue weighted by molar-refractivity contribution is 8.14. The number of rotatable bonds is 7. The van der Waals surface area contributed by atoms with Crippen molar-refractivity contribution in [2.24, 2.45) is 0 Å². The summed E-state index contributed by atoms with van der Waals surface area (Å²) >= 11 is 0.729. The van der Waals surface area contributed by atoms with E-state index >= 15 is 0 Å². The number of carbonyl (C=O) groups excluding carboxylic acids is 4. The van der Waals surface area contributed by atoms with Crippen LogP contribution >= 0.6 is 11.8 Å². The molecule has 1 atom stereocenters. The first-order chi connectivity index (χ1) is 14.0. The molecule has 4 N–H and O–H groups in total. The lowest BCUT2D eigenvalue weighted by molar-refractivity contribution is -0.122. The van der Waals surface area contributed by atoms with E-state index < -0.39 is 28.9 Å². The first-order valence-electron chi connectivity index (χ1n) is 9.59. The van der Waals surface area contributed by atoms with Gasteiger partial charge < -0.3 is 15.4 Å². The quantitative estimate of drug-likeness (QED) is 0.485. The largest absolute Gasteiger partial charge is 0.444 e. The van der Waals surface area contributed by atoms with Crippen molar-refractivity contribution < 1.29 is 23.9 Å². The smallest absolute Gasteiger partial charge is 0.407 e. The molecule has 0 spiro atoms. The second-order valence-corrected chi connectivity index (χ2v) is 8.51. The number of carbonyl (C=O) groups is 4. The van der Waals surface area contributed by atoms with Crippen LogP contribution in [0.2, 0.25) is 0 Å². The minimum absolute atomic E-state index is 0.0571. The van der Waals surface area contributed by atoms with Crippen molar-refractivity contribution in [3.05, 3.63) is 29.8 Å². The number of aryl methyl sites for hydroxylation is 1. The first-order valence-corrected chi connectivity index (χ1v) is 10.6. The Hall–Kier alpha value is -2.75. The van der Waals surface area contributed by atoms with Crippen LogP contribution in [0.5, 0.6) is 0 Å². The minimum atomic E-state index is -0.637. The summed E-state index contributed by atoms with van der Waals surface area (Å²) in [5.41, 5.74) is 5.54. The van der Waals surface area contributed by atoms with Gasteiger partial charge in [0.15, 0.2) is 0 Å². The second-order valence-electron chi connectivity index (χ2n) is 7.56. The molecule has 0 heterocycles. The molecule has 0 radical (unpaired) electrons. The molecule has 0 bridgehead atoms. The summed E-state index contributed by atoms with van der Waals surface area (Å²) in [7, 11) is 0. The predicted octanol–water partition coefficient (Wildman–Crippen LogP) is 2.96. The number of hydrogen-bond donors (Lipinski definition) is 4. The van der Waals surface area contributed by atoms with E-state index in [9.17, 15) is 19.2 Å². The van der Waals surface area contributed by atoms with Gasteiger partial charge in [-0.1, -0.05) is 36.9 Å². The standard InChI is InChI=1S/C20H30N4O5S/c1-6-14-9-7-8-10-15(14)22-17(26)12-30-19(28)24-23-16(25)11-13(2)21-18(27)29-20(3,4)5/h7-10,13H,6,11-12H2,1-5H3,(H,21,27)(H,22,26)(H,23,25)(H,24,28)/t13-/m0/s1. The number of nitrogens with one attached hydrogen (secondary N) is 4. The Kier molecular flexibility index (Phi) is 10.2. The summed E-state index contributed by atoms with van der Waals surface area (Å²) in [6.07, 6.45) is 0.0912. The van der Waals surface area contributed by atoms with E-state index in [2.05, 4.69) is 21.5 Å². The van der Waals surface area contributed by atoms with Gasteiger partial charge in [-0.3, -0.25) is 25.2 Å². The fourth-order valence-electron chi connectivity index (χ4n) is 2.31. The van der Waals surface area contributed by atoms with Gasteiger partial charge in [-0.15, -0.1) is 0 Å². The van der Waals surface area contributed by atoms with E-state index in [1.54, 1.807) is 33.8 Å². The van der Waals surface area contributed by atoms with Crippen molar-refractivity contribution in [1.82, 2.24) is 16.2 Å². The highest BCUT2D eigenvalue weighted by atomic mass is 32.2. The molecule has 0 saturated carbocycles. The third-order valence-corrected chi connectivity index (χ3v) is 4.34. The summed E-state index contributed by atoms with van der Waals surface area (Å²) in [4.78, 5) is 47.4. The number of anilines is 1. The predicted molar refractivity (Wildman–Crippen MR) is 117 cm³/mol. The molecule has 0 aliphatic heterocycles. The zero-order chi connectivity index (χ0) is 22.7. The van der Waals surface area contributed by atoms with E-state index in [0.717, 1.165) is 23.7 Å². The van der Waals surface area contributed by atoms with Gasteiger partial charge >= 0.3 is 6.09 Å². The lowest BCUT2D eigenvalue weighted by Gasteiger charge is -2.21. The number of benzene rings is 1. The van der Waals surface area contributed by atoms with Crippen LogP contribution in [0, 0.1) is 0 Å². The average molecular weight is 439 g/mol. The van der Waals surface area contributed by atoms with Crippen molar-refractivity contribution in [2.45, 2.75) is 59.1 Å². The first kappa shape index (κ1) is 25.3. The summed E-state index contributed by atoms with van der Waals surface area (Å²) in [5, 5.41) is 4.72. The van der Waals surface area contributed by atoms with Crippen LogP contribution in [0.15, 0.2) is 24.3 Å². The Morgan fingerprint density at radius 1 is 1.07 bits per heavy atom. The molecule has 0 fully saturated rings. The van der Waals surface area contributed by atoms with Crippen LogP contribution in [-0.2, 0) is 20.7 Å². The van der Waals surface area contributed by atoms with Crippen LogP contribution < -0.4 is 21.5 Å². The van der Waals surface area contributed by atoms with Gasteiger partial charge in [0.2, 0.25) is 11.8 Å². The number of hydrogen-bond acceptors (Lipinski definition) is 6. The SMILES string of the molecule is CCc1ccccc1NC(=O)CSC(=O)NNC(=O)C[C@H](C)NC(=O)OC(C)(C)C. The lowest BCUT2D eigenvalue weighted by atomic mass is 10.1. The van der Waals surface area contributed by atoms with E-state index in [4.69, 9.17) is 4.74 Å². The maximum absolute atomic E-state index is 12.0. The molecule has 0 aromatic heterocycles. The Morgan fingerprint density at radius 3 is 2.37 bits per heavy atom. The minimum Gasteiger partial charge on any atom is -0.444 e. The number of thioether (sulfide) groups is 1. The van der Waals surface area contributed by atoms with Crippen LogP contribution in [0.3, 0.4) is 0 Å². The third kappa shape index (κ3) is 10.7. The molecule has 30 heavy (non-hydrogen) atoms. The van der Waals surface area contributed by atoms with Crippen molar-refractivity contribution in [3.63, 3.8) is 0 Å². The Balaban J connectivity index is 2.29. The lowest BCUT2D eigenvalue weighted by Crippen LogP contribution is -2.44. The van der Waals surface area contributed by atoms with Crippen molar-refractivity contribution in [1.29, 1.82) is 0 Å². The molecule has 0 saturated heterocycles. The van der Waals surface area contributed by atoms with Crippen LogP contribution in [0.25, 0.3) is 0 Å². The highest BCUT2D eigenvalue weighted by Crippen LogP contribution is 2.16. The Morgan fingerprint density at radius 2 is 1.73 bits per heavy atom.